The fraction of sp³-hybridized carbons (Fsp3) is 0.188. The van der Waals surface area contributed by atoms with E-state index in [1.54, 1.807) is 0 Å². The highest BCUT2D eigenvalue weighted by atomic mass is 16.1. The molecule has 2 aromatic rings. The summed E-state index contributed by atoms with van der Waals surface area (Å²) in [4.78, 5) is 11.9. The van der Waals surface area contributed by atoms with E-state index in [0.29, 0.717) is 18.7 Å². The molecule has 0 atom stereocenters. The van der Waals surface area contributed by atoms with E-state index < -0.39 is 0 Å². The topological polar surface area (TPSA) is 55.1 Å². The molecule has 0 fully saturated rings. The number of nitrogens with two attached hydrogens (primary N) is 1. The molecule has 2 aromatic carbocycles. The first kappa shape index (κ1) is 13.1. The number of hydrogen-bond donors (Lipinski definition) is 2. The molecule has 0 heterocycles. The molecular weight excluding hydrogens is 236 g/mol. The van der Waals surface area contributed by atoms with Gasteiger partial charge in [0.2, 0.25) is 5.91 Å². The summed E-state index contributed by atoms with van der Waals surface area (Å²) < 4.78 is 0. The largest absolute Gasteiger partial charge is 0.399 e. The highest BCUT2D eigenvalue weighted by molar-refractivity contribution is 5.78. The molecule has 0 aliphatic heterocycles. The van der Waals surface area contributed by atoms with Gasteiger partial charge in [-0.15, -0.1) is 0 Å². The third-order valence-corrected chi connectivity index (χ3v) is 3.05. The van der Waals surface area contributed by atoms with Crippen molar-refractivity contribution in [2.75, 3.05) is 5.73 Å². The van der Waals surface area contributed by atoms with Crippen LogP contribution < -0.4 is 11.1 Å². The van der Waals surface area contributed by atoms with Crippen molar-refractivity contribution in [3.63, 3.8) is 0 Å². The van der Waals surface area contributed by atoms with E-state index in [-0.39, 0.29) is 5.91 Å². The second-order valence-corrected chi connectivity index (χ2v) is 4.63. The number of nitrogens with one attached hydrogen (secondary N) is 1. The van der Waals surface area contributed by atoms with Gasteiger partial charge in [0.1, 0.15) is 0 Å². The van der Waals surface area contributed by atoms with E-state index >= 15 is 0 Å². The molecule has 3 N–H and O–H groups in total. The van der Waals surface area contributed by atoms with Gasteiger partial charge in [0.05, 0.1) is 6.42 Å². The number of amides is 1. The smallest absolute Gasteiger partial charge is 0.224 e. The minimum atomic E-state index is 0.00820. The van der Waals surface area contributed by atoms with Crippen molar-refractivity contribution < 1.29 is 4.79 Å². The van der Waals surface area contributed by atoms with Gasteiger partial charge in [0, 0.05) is 12.2 Å². The lowest BCUT2D eigenvalue weighted by molar-refractivity contribution is -0.120. The Morgan fingerprint density at radius 3 is 2.68 bits per heavy atom. The van der Waals surface area contributed by atoms with Crippen LogP contribution in [0.25, 0.3) is 0 Å². The SMILES string of the molecule is Cc1ccccc1CNC(=O)Cc1cccc(N)c1. The maximum absolute atomic E-state index is 11.9. The van der Waals surface area contributed by atoms with Crippen LogP contribution in [0.15, 0.2) is 48.5 Å². The number of rotatable bonds is 4. The maximum atomic E-state index is 11.9. The second-order valence-electron chi connectivity index (χ2n) is 4.63. The fourth-order valence-corrected chi connectivity index (χ4v) is 1.95. The van der Waals surface area contributed by atoms with Crippen molar-refractivity contribution in [1.29, 1.82) is 0 Å². The lowest BCUT2D eigenvalue weighted by Gasteiger charge is -2.08. The van der Waals surface area contributed by atoms with E-state index in [9.17, 15) is 4.79 Å². The van der Waals surface area contributed by atoms with Gasteiger partial charge in [0.25, 0.3) is 0 Å². The van der Waals surface area contributed by atoms with E-state index in [0.717, 1.165) is 11.1 Å². The fourth-order valence-electron chi connectivity index (χ4n) is 1.95. The average Bonchev–Trinajstić information content (AvgIpc) is 2.38. The highest BCUT2D eigenvalue weighted by Gasteiger charge is 2.04. The minimum Gasteiger partial charge on any atom is -0.399 e. The maximum Gasteiger partial charge on any atom is 0.224 e. The summed E-state index contributed by atoms with van der Waals surface area (Å²) in [7, 11) is 0. The van der Waals surface area contributed by atoms with E-state index in [1.165, 1.54) is 5.56 Å². The van der Waals surface area contributed by atoms with Gasteiger partial charge < -0.3 is 11.1 Å². The molecule has 0 unspecified atom stereocenters. The normalized spacial score (nSPS) is 10.2. The molecule has 0 aliphatic carbocycles. The molecule has 0 aliphatic rings. The molecule has 0 radical (unpaired) electrons. The van der Waals surface area contributed by atoms with Crippen LogP contribution in [-0.2, 0) is 17.8 Å². The molecule has 19 heavy (non-hydrogen) atoms. The van der Waals surface area contributed by atoms with Gasteiger partial charge in [-0.05, 0) is 35.7 Å². The van der Waals surface area contributed by atoms with Crippen LogP contribution in [-0.4, -0.2) is 5.91 Å². The van der Waals surface area contributed by atoms with Crippen molar-refractivity contribution in [2.45, 2.75) is 19.9 Å². The molecule has 0 saturated heterocycles. The van der Waals surface area contributed by atoms with E-state index in [2.05, 4.69) is 5.32 Å². The number of carbonyl (C=O) groups excluding carboxylic acids is 1. The van der Waals surface area contributed by atoms with Gasteiger partial charge in [-0.2, -0.15) is 0 Å². The first-order valence-corrected chi connectivity index (χ1v) is 6.31. The van der Waals surface area contributed by atoms with Crippen molar-refractivity contribution in [2.24, 2.45) is 0 Å². The molecule has 2 rings (SSSR count). The summed E-state index contributed by atoms with van der Waals surface area (Å²) >= 11 is 0. The summed E-state index contributed by atoms with van der Waals surface area (Å²) in [5.74, 6) is 0.00820. The molecule has 3 nitrogen and oxygen atoms in total. The first-order valence-electron chi connectivity index (χ1n) is 6.31. The summed E-state index contributed by atoms with van der Waals surface area (Å²) in [6.45, 7) is 2.60. The predicted molar refractivity (Wildman–Crippen MR) is 77.6 cm³/mol. The molecule has 0 aromatic heterocycles. The zero-order chi connectivity index (χ0) is 13.7. The van der Waals surface area contributed by atoms with Crippen molar-refractivity contribution >= 4 is 11.6 Å². The standard InChI is InChI=1S/C16H18N2O/c1-12-5-2-3-7-14(12)11-18-16(19)10-13-6-4-8-15(17)9-13/h2-9H,10-11,17H2,1H3,(H,18,19). The number of benzene rings is 2. The summed E-state index contributed by atoms with van der Waals surface area (Å²) in [5.41, 5.74) is 9.63. The average molecular weight is 254 g/mol. The number of aryl methyl sites for hydroxylation is 1. The van der Waals surface area contributed by atoms with Crippen molar-refractivity contribution in [3.05, 3.63) is 65.2 Å². The summed E-state index contributed by atoms with van der Waals surface area (Å²) in [6.07, 6.45) is 0.358. The van der Waals surface area contributed by atoms with Gasteiger partial charge in [0.15, 0.2) is 0 Å². The van der Waals surface area contributed by atoms with Crippen LogP contribution in [0.2, 0.25) is 0 Å². The van der Waals surface area contributed by atoms with Gasteiger partial charge in [-0.25, -0.2) is 0 Å². The second kappa shape index (κ2) is 6.05. The zero-order valence-electron chi connectivity index (χ0n) is 11.0. The quantitative estimate of drug-likeness (QED) is 0.823. The number of anilines is 1. The van der Waals surface area contributed by atoms with Crippen molar-refractivity contribution in [1.82, 2.24) is 5.32 Å². The molecular formula is C16H18N2O. The molecule has 3 heteroatoms. The van der Waals surface area contributed by atoms with Gasteiger partial charge in [-0.1, -0.05) is 36.4 Å². The van der Waals surface area contributed by atoms with Crippen molar-refractivity contribution in [3.8, 4) is 0 Å². The predicted octanol–water partition coefficient (Wildman–Crippen LogP) is 2.44. The Kier molecular flexibility index (Phi) is 4.18. The molecule has 0 bridgehead atoms. The minimum absolute atomic E-state index is 0.00820. The molecule has 98 valence electrons. The lowest BCUT2D eigenvalue weighted by Crippen LogP contribution is -2.24. The van der Waals surface area contributed by atoms with Gasteiger partial charge >= 0.3 is 0 Å². The first-order chi connectivity index (χ1) is 9.15. The zero-order valence-corrected chi connectivity index (χ0v) is 11.0. The van der Waals surface area contributed by atoms with E-state index in [4.69, 9.17) is 5.73 Å². The lowest BCUT2D eigenvalue weighted by atomic mass is 10.1. The number of hydrogen-bond acceptors (Lipinski definition) is 2. The monoisotopic (exact) mass is 254 g/mol. The van der Waals surface area contributed by atoms with E-state index in [1.807, 2.05) is 55.5 Å². The number of nitrogen functional groups attached to an aromatic ring is 1. The molecule has 0 spiro atoms. The van der Waals surface area contributed by atoms with Crippen LogP contribution in [0.1, 0.15) is 16.7 Å². The highest BCUT2D eigenvalue weighted by Crippen LogP contribution is 2.08. The summed E-state index contributed by atoms with van der Waals surface area (Å²) in [6, 6.07) is 15.4. The van der Waals surface area contributed by atoms with Crippen LogP contribution in [0.4, 0.5) is 5.69 Å². The molecule has 1 amide bonds. The third kappa shape index (κ3) is 3.85. The Labute approximate surface area is 113 Å². The third-order valence-electron chi connectivity index (χ3n) is 3.05. The Bertz CT molecular complexity index is 578. The van der Waals surface area contributed by atoms with Crippen LogP contribution >= 0.6 is 0 Å². The Hall–Kier alpha value is -2.29. The summed E-state index contributed by atoms with van der Waals surface area (Å²) in [5, 5.41) is 2.93. The molecule has 0 saturated carbocycles. The van der Waals surface area contributed by atoms with Crippen LogP contribution in [0.5, 0.6) is 0 Å². The Morgan fingerprint density at radius 2 is 1.95 bits per heavy atom. The van der Waals surface area contributed by atoms with Crippen LogP contribution in [0, 0.1) is 6.92 Å². The van der Waals surface area contributed by atoms with Crippen LogP contribution in [0.3, 0.4) is 0 Å². The van der Waals surface area contributed by atoms with Gasteiger partial charge in [-0.3, -0.25) is 4.79 Å². The Balaban J connectivity index is 1.90. The Morgan fingerprint density at radius 1 is 1.16 bits per heavy atom. The number of carbonyl (C=O) groups is 1.